The molecular formula is C15H11N3O2. The number of benzene rings is 2. The molecule has 5 heteroatoms. The van der Waals surface area contributed by atoms with Gasteiger partial charge < -0.3 is 5.11 Å². The third kappa shape index (κ3) is 3.43. The average Bonchev–Trinajstić information content (AvgIpc) is 2.47. The Morgan fingerprint density at radius 1 is 1.25 bits per heavy atom. The first-order chi connectivity index (χ1) is 9.69. The zero-order valence-electron chi connectivity index (χ0n) is 10.4. The summed E-state index contributed by atoms with van der Waals surface area (Å²) >= 11 is 0. The van der Waals surface area contributed by atoms with E-state index in [1.54, 1.807) is 42.5 Å². The lowest BCUT2D eigenvalue weighted by Gasteiger charge is -1.99. The lowest BCUT2D eigenvalue weighted by molar-refractivity contribution is 0.0955. The Morgan fingerprint density at radius 3 is 2.65 bits per heavy atom. The highest BCUT2D eigenvalue weighted by atomic mass is 16.3. The van der Waals surface area contributed by atoms with E-state index in [-0.39, 0.29) is 11.7 Å². The minimum absolute atomic E-state index is 0.132. The SMILES string of the molecule is N#Cc1ccc(C(=O)N/N=C/c2cccc(O)c2)cc1. The van der Waals surface area contributed by atoms with Crippen LogP contribution in [0.25, 0.3) is 0 Å². The van der Waals surface area contributed by atoms with E-state index in [9.17, 15) is 9.90 Å². The Balaban J connectivity index is 1.99. The number of hydrogen-bond acceptors (Lipinski definition) is 4. The number of nitrogens with one attached hydrogen (secondary N) is 1. The van der Waals surface area contributed by atoms with Crippen molar-refractivity contribution in [3.8, 4) is 11.8 Å². The van der Waals surface area contributed by atoms with E-state index in [2.05, 4.69) is 10.5 Å². The van der Waals surface area contributed by atoms with Crippen molar-refractivity contribution in [2.75, 3.05) is 0 Å². The van der Waals surface area contributed by atoms with Crippen LogP contribution in [0.15, 0.2) is 53.6 Å². The molecule has 0 bridgehead atoms. The molecule has 0 heterocycles. The zero-order valence-corrected chi connectivity index (χ0v) is 10.4. The molecule has 0 saturated heterocycles. The second kappa shape index (κ2) is 6.16. The first-order valence-corrected chi connectivity index (χ1v) is 5.81. The molecule has 1 amide bonds. The lowest BCUT2D eigenvalue weighted by atomic mass is 10.1. The van der Waals surface area contributed by atoms with Gasteiger partial charge in [0.15, 0.2) is 0 Å². The van der Waals surface area contributed by atoms with Gasteiger partial charge in [0, 0.05) is 5.56 Å². The first-order valence-electron chi connectivity index (χ1n) is 5.81. The highest BCUT2D eigenvalue weighted by molar-refractivity contribution is 5.95. The molecule has 2 aromatic carbocycles. The molecule has 2 aromatic rings. The average molecular weight is 265 g/mol. The van der Waals surface area contributed by atoms with Gasteiger partial charge in [-0.2, -0.15) is 10.4 Å². The molecule has 0 fully saturated rings. The number of carbonyl (C=O) groups is 1. The smallest absolute Gasteiger partial charge is 0.271 e. The number of rotatable bonds is 3. The highest BCUT2D eigenvalue weighted by Crippen LogP contribution is 2.08. The topological polar surface area (TPSA) is 85.5 Å². The second-order valence-electron chi connectivity index (χ2n) is 3.98. The van der Waals surface area contributed by atoms with Crippen LogP contribution in [0.3, 0.4) is 0 Å². The van der Waals surface area contributed by atoms with Crippen LogP contribution in [-0.2, 0) is 0 Å². The van der Waals surface area contributed by atoms with Crippen LogP contribution in [0.5, 0.6) is 5.75 Å². The van der Waals surface area contributed by atoms with Crippen molar-refractivity contribution in [2.45, 2.75) is 0 Å². The highest BCUT2D eigenvalue weighted by Gasteiger charge is 2.03. The summed E-state index contributed by atoms with van der Waals surface area (Å²) in [6.07, 6.45) is 1.43. The van der Waals surface area contributed by atoms with Gasteiger partial charge >= 0.3 is 0 Å². The maximum absolute atomic E-state index is 11.7. The van der Waals surface area contributed by atoms with Crippen LogP contribution in [-0.4, -0.2) is 17.2 Å². The summed E-state index contributed by atoms with van der Waals surface area (Å²) in [5.41, 5.74) is 3.95. The van der Waals surface area contributed by atoms with Crippen molar-refractivity contribution < 1.29 is 9.90 Å². The number of phenols is 1. The third-order valence-electron chi connectivity index (χ3n) is 2.53. The summed E-state index contributed by atoms with van der Waals surface area (Å²) in [5, 5.41) is 21.7. The molecule has 0 unspecified atom stereocenters. The Morgan fingerprint density at radius 2 is 2.00 bits per heavy atom. The van der Waals surface area contributed by atoms with Gasteiger partial charge in [-0.25, -0.2) is 5.43 Å². The Labute approximate surface area is 115 Å². The fraction of sp³-hybridized carbons (Fsp3) is 0. The molecular weight excluding hydrogens is 254 g/mol. The van der Waals surface area contributed by atoms with Crippen molar-refractivity contribution in [3.63, 3.8) is 0 Å². The third-order valence-corrected chi connectivity index (χ3v) is 2.53. The Kier molecular flexibility index (Phi) is 4.10. The van der Waals surface area contributed by atoms with Gasteiger partial charge in [-0.05, 0) is 42.0 Å². The number of amides is 1. The first kappa shape index (κ1) is 13.3. The fourth-order valence-corrected chi connectivity index (χ4v) is 1.53. The number of phenolic OH excluding ortho intramolecular Hbond substituents is 1. The van der Waals surface area contributed by atoms with Crippen LogP contribution in [0, 0.1) is 11.3 Å². The fourth-order valence-electron chi connectivity index (χ4n) is 1.53. The van der Waals surface area contributed by atoms with E-state index >= 15 is 0 Å². The molecule has 0 atom stereocenters. The van der Waals surface area contributed by atoms with Crippen molar-refractivity contribution in [1.82, 2.24) is 5.43 Å². The summed E-state index contributed by atoms with van der Waals surface area (Å²) in [6.45, 7) is 0. The molecule has 20 heavy (non-hydrogen) atoms. The normalized spacial score (nSPS) is 10.2. The minimum Gasteiger partial charge on any atom is -0.508 e. The standard InChI is InChI=1S/C15H11N3O2/c16-9-11-4-6-13(7-5-11)15(20)18-17-10-12-2-1-3-14(19)8-12/h1-8,10,19H,(H,18,20)/b17-10+. The summed E-state index contributed by atoms with van der Waals surface area (Å²) in [4.78, 5) is 11.7. The van der Waals surface area contributed by atoms with Gasteiger partial charge in [-0.1, -0.05) is 12.1 Å². The maximum Gasteiger partial charge on any atom is 0.271 e. The summed E-state index contributed by atoms with van der Waals surface area (Å²) in [6, 6.07) is 14.7. The van der Waals surface area contributed by atoms with E-state index in [0.29, 0.717) is 16.7 Å². The molecule has 0 radical (unpaired) electrons. The lowest BCUT2D eigenvalue weighted by Crippen LogP contribution is -2.17. The van der Waals surface area contributed by atoms with Gasteiger partial charge in [0.2, 0.25) is 0 Å². The number of nitrogens with zero attached hydrogens (tertiary/aromatic N) is 2. The van der Waals surface area contributed by atoms with Crippen molar-refractivity contribution in [2.24, 2.45) is 5.10 Å². The number of hydrogen-bond donors (Lipinski definition) is 2. The second-order valence-corrected chi connectivity index (χ2v) is 3.98. The monoisotopic (exact) mass is 265 g/mol. The largest absolute Gasteiger partial charge is 0.508 e. The molecule has 98 valence electrons. The van der Waals surface area contributed by atoms with Crippen LogP contribution >= 0.6 is 0 Å². The molecule has 5 nitrogen and oxygen atoms in total. The van der Waals surface area contributed by atoms with E-state index in [4.69, 9.17) is 5.26 Å². The summed E-state index contributed by atoms with van der Waals surface area (Å²) in [5.74, 6) is -0.238. The van der Waals surface area contributed by atoms with Gasteiger partial charge in [0.25, 0.3) is 5.91 Å². The van der Waals surface area contributed by atoms with E-state index < -0.39 is 0 Å². The predicted octanol–water partition coefficient (Wildman–Crippen LogP) is 2.03. The molecule has 0 saturated carbocycles. The molecule has 0 aromatic heterocycles. The minimum atomic E-state index is -0.370. The van der Waals surface area contributed by atoms with Crippen LogP contribution < -0.4 is 5.43 Å². The van der Waals surface area contributed by atoms with Crippen LogP contribution in [0.2, 0.25) is 0 Å². The predicted molar refractivity (Wildman–Crippen MR) is 74.3 cm³/mol. The number of aromatic hydroxyl groups is 1. The molecule has 0 spiro atoms. The number of hydrazone groups is 1. The molecule has 2 N–H and O–H groups in total. The van der Waals surface area contributed by atoms with Gasteiger partial charge in [-0.15, -0.1) is 0 Å². The number of nitriles is 1. The maximum atomic E-state index is 11.7. The van der Waals surface area contributed by atoms with Gasteiger partial charge in [-0.3, -0.25) is 4.79 Å². The van der Waals surface area contributed by atoms with Gasteiger partial charge in [0.1, 0.15) is 5.75 Å². The van der Waals surface area contributed by atoms with E-state index in [0.717, 1.165) is 0 Å². The Hall–Kier alpha value is -3.13. The van der Waals surface area contributed by atoms with Gasteiger partial charge in [0.05, 0.1) is 17.8 Å². The molecule has 0 aliphatic carbocycles. The molecule has 0 aliphatic rings. The van der Waals surface area contributed by atoms with Crippen molar-refractivity contribution >= 4 is 12.1 Å². The van der Waals surface area contributed by atoms with Crippen molar-refractivity contribution in [1.29, 1.82) is 5.26 Å². The zero-order chi connectivity index (χ0) is 14.4. The molecule has 0 aliphatic heterocycles. The number of carbonyl (C=O) groups excluding carboxylic acids is 1. The van der Waals surface area contributed by atoms with Crippen LogP contribution in [0.4, 0.5) is 0 Å². The van der Waals surface area contributed by atoms with Crippen LogP contribution in [0.1, 0.15) is 21.5 Å². The summed E-state index contributed by atoms with van der Waals surface area (Å²) in [7, 11) is 0. The summed E-state index contributed by atoms with van der Waals surface area (Å²) < 4.78 is 0. The van der Waals surface area contributed by atoms with E-state index in [1.807, 2.05) is 6.07 Å². The quantitative estimate of drug-likeness (QED) is 0.657. The van der Waals surface area contributed by atoms with Crippen molar-refractivity contribution in [3.05, 3.63) is 65.2 Å². The molecule has 2 rings (SSSR count). The van der Waals surface area contributed by atoms with E-state index in [1.165, 1.54) is 12.3 Å². The Bertz CT molecular complexity index is 685.